The van der Waals surface area contributed by atoms with Gasteiger partial charge >= 0.3 is 6.03 Å². The molecule has 0 spiro atoms. The second-order valence-corrected chi connectivity index (χ2v) is 3.69. The van der Waals surface area contributed by atoms with Gasteiger partial charge < -0.3 is 5.32 Å². The molecule has 0 bridgehead atoms. The molecule has 0 aliphatic carbocycles. The van der Waals surface area contributed by atoms with Gasteiger partial charge in [0.2, 0.25) is 0 Å². The Morgan fingerprint density at radius 3 is 2.67 bits per heavy atom. The number of urea groups is 1. The van der Waals surface area contributed by atoms with E-state index in [0.29, 0.717) is 20.0 Å². The molecule has 1 aromatic carbocycles. The summed E-state index contributed by atoms with van der Waals surface area (Å²) in [6.45, 7) is 0. The van der Waals surface area contributed by atoms with Gasteiger partial charge in [-0.3, -0.25) is 0 Å². The normalized spacial score (nSPS) is 9.20. The molecule has 0 saturated heterocycles. The van der Waals surface area contributed by atoms with Crippen LogP contribution in [0.5, 0.6) is 0 Å². The van der Waals surface area contributed by atoms with Gasteiger partial charge in [-0.15, -0.1) is 0 Å². The molecule has 4 nitrogen and oxygen atoms in total. The third kappa shape index (κ3) is 3.20. The zero-order chi connectivity index (χ0) is 11.4. The van der Waals surface area contributed by atoms with Crippen LogP contribution in [0.4, 0.5) is 10.5 Å². The molecular formula is C8H5Cl2N3OS. The number of carbonyl (C=O) groups excluding carboxylic acids is 1. The van der Waals surface area contributed by atoms with Crippen molar-refractivity contribution in [2.45, 2.75) is 0 Å². The van der Waals surface area contributed by atoms with Gasteiger partial charge in [-0.1, -0.05) is 23.2 Å². The quantitative estimate of drug-likeness (QED) is 0.464. The second-order valence-electron chi connectivity index (χ2n) is 2.47. The third-order valence-electron chi connectivity index (χ3n) is 1.46. The van der Waals surface area contributed by atoms with Crippen LogP contribution in [0.15, 0.2) is 18.2 Å². The summed E-state index contributed by atoms with van der Waals surface area (Å²) in [6.07, 6.45) is 1.54. The van der Waals surface area contributed by atoms with Gasteiger partial charge in [0.1, 0.15) is 0 Å². The third-order valence-corrected chi connectivity index (χ3v) is 2.47. The summed E-state index contributed by atoms with van der Waals surface area (Å²) in [5, 5.41) is 11.5. The van der Waals surface area contributed by atoms with E-state index in [1.807, 2.05) is 0 Å². The van der Waals surface area contributed by atoms with Gasteiger partial charge in [0.05, 0.1) is 10.0 Å². The molecule has 0 heterocycles. The van der Waals surface area contributed by atoms with Crippen molar-refractivity contribution >= 4 is 47.7 Å². The Morgan fingerprint density at radius 1 is 1.47 bits per heavy atom. The molecule has 78 valence electrons. The molecule has 0 atom stereocenters. The number of nitriles is 1. The lowest BCUT2D eigenvalue weighted by Gasteiger charge is -2.08. The number of hydrogen-bond acceptors (Lipinski definition) is 3. The fourth-order valence-electron chi connectivity index (χ4n) is 0.796. The van der Waals surface area contributed by atoms with E-state index in [1.165, 1.54) is 18.3 Å². The van der Waals surface area contributed by atoms with Gasteiger partial charge in [0.25, 0.3) is 0 Å². The number of halogens is 2. The largest absolute Gasteiger partial charge is 0.345 e. The molecule has 15 heavy (non-hydrogen) atoms. The first kappa shape index (κ1) is 12.0. The average Bonchev–Trinajstić information content (AvgIpc) is 2.22. The number of carbonyl (C=O) groups is 1. The molecule has 0 aromatic heterocycles. The smallest absolute Gasteiger partial charge is 0.306 e. The van der Waals surface area contributed by atoms with Crippen LogP contribution in [0.2, 0.25) is 10.0 Å². The molecule has 2 amide bonds. The predicted molar refractivity (Wildman–Crippen MR) is 61.9 cm³/mol. The van der Waals surface area contributed by atoms with Crippen molar-refractivity contribution in [3.8, 4) is 6.19 Å². The van der Waals surface area contributed by atoms with Crippen LogP contribution in [0.3, 0.4) is 0 Å². The summed E-state index contributed by atoms with van der Waals surface area (Å²) in [5.74, 6) is 0. The molecule has 0 saturated carbocycles. The first-order valence-electron chi connectivity index (χ1n) is 3.69. The Labute approximate surface area is 102 Å². The maximum atomic E-state index is 11.2. The van der Waals surface area contributed by atoms with E-state index in [0.717, 1.165) is 0 Å². The molecule has 1 aromatic rings. The minimum Gasteiger partial charge on any atom is -0.306 e. The lowest BCUT2D eigenvalue weighted by molar-refractivity contribution is 0.246. The highest BCUT2D eigenvalue weighted by Gasteiger charge is 2.09. The highest BCUT2D eigenvalue weighted by molar-refractivity contribution is 7.78. The van der Waals surface area contributed by atoms with Crippen LogP contribution >= 0.6 is 36.0 Å². The molecular weight excluding hydrogens is 257 g/mol. The van der Waals surface area contributed by atoms with Crippen LogP contribution in [0.1, 0.15) is 0 Å². The van der Waals surface area contributed by atoms with Gasteiger partial charge in [-0.25, -0.2) is 4.79 Å². The average molecular weight is 262 g/mol. The summed E-state index contributed by atoms with van der Waals surface area (Å²) in [4.78, 5) is 11.2. The minimum atomic E-state index is -0.667. The van der Waals surface area contributed by atoms with Crippen LogP contribution < -0.4 is 5.32 Å². The van der Waals surface area contributed by atoms with E-state index >= 15 is 0 Å². The standard InChI is InChI=1S/C8H5Cl2N3OS/c9-6-2-1-5(3-7(6)10)12-8(14)13(15)4-11/h1-3,15H,(H,12,14). The van der Waals surface area contributed by atoms with E-state index in [1.54, 1.807) is 6.07 Å². The van der Waals surface area contributed by atoms with Crippen molar-refractivity contribution in [1.82, 2.24) is 4.31 Å². The van der Waals surface area contributed by atoms with Crippen molar-refractivity contribution < 1.29 is 4.79 Å². The molecule has 0 aliphatic rings. The highest BCUT2D eigenvalue weighted by Crippen LogP contribution is 2.25. The predicted octanol–water partition coefficient (Wildman–Crippen LogP) is 3.15. The Bertz CT molecular complexity index is 432. The molecule has 0 fully saturated rings. The van der Waals surface area contributed by atoms with Crippen molar-refractivity contribution in [1.29, 1.82) is 5.26 Å². The molecule has 0 radical (unpaired) electrons. The van der Waals surface area contributed by atoms with Crippen molar-refractivity contribution in [2.75, 3.05) is 5.32 Å². The Kier molecular flexibility index (Phi) is 4.09. The highest BCUT2D eigenvalue weighted by atomic mass is 35.5. The number of benzene rings is 1. The molecule has 1 N–H and O–H groups in total. The zero-order valence-electron chi connectivity index (χ0n) is 7.24. The van der Waals surface area contributed by atoms with Gasteiger partial charge in [-0.05, 0) is 31.0 Å². The number of amides is 2. The van der Waals surface area contributed by atoms with E-state index in [-0.39, 0.29) is 0 Å². The number of thiol groups is 1. The summed E-state index contributed by atoms with van der Waals surface area (Å²) in [5.41, 5.74) is 0.434. The lowest BCUT2D eigenvalue weighted by atomic mass is 10.3. The van der Waals surface area contributed by atoms with Crippen molar-refractivity contribution in [3.63, 3.8) is 0 Å². The van der Waals surface area contributed by atoms with Gasteiger partial charge in [0.15, 0.2) is 6.19 Å². The molecule has 0 aliphatic heterocycles. The number of nitrogens with zero attached hydrogens (tertiary/aromatic N) is 2. The van der Waals surface area contributed by atoms with Crippen LogP contribution in [0.25, 0.3) is 0 Å². The van der Waals surface area contributed by atoms with Gasteiger partial charge in [-0.2, -0.15) is 9.57 Å². The topological polar surface area (TPSA) is 56.1 Å². The number of rotatable bonds is 1. The summed E-state index contributed by atoms with van der Waals surface area (Å²) in [6, 6.07) is 3.90. The van der Waals surface area contributed by atoms with Crippen LogP contribution in [-0.2, 0) is 0 Å². The number of nitrogens with one attached hydrogen (secondary N) is 1. The van der Waals surface area contributed by atoms with Crippen LogP contribution in [0, 0.1) is 11.5 Å². The molecule has 1 rings (SSSR count). The molecule has 0 unspecified atom stereocenters. The minimum absolute atomic E-state index is 0.317. The first-order valence-corrected chi connectivity index (χ1v) is 4.85. The van der Waals surface area contributed by atoms with Gasteiger partial charge in [0, 0.05) is 5.69 Å². The summed E-state index contributed by atoms with van der Waals surface area (Å²) >= 11 is 15.0. The Balaban J connectivity index is 2.78. The monoisotopic (exact) mass is 261 g/mol. The fraction of sp³-hybridized carbons (Fsp3) is 0. The zero-order valence-corrected chi connectivity index (χ0v) is 9.64. The van der Waals surface area contributed by atoms with Crippen molar-refractivity contribution in [2.24, 2.45) is 0 Å². The SMILES string of the molecule is N#CN(S)C(=O)Nc1ccc(Cl)c(Cl)c1. The summed E-state index contributed by atoms with van der Waals surface area (Å²) in [7, 11) is 0. The maximum Gasteiger partial charge on any atom is 0.345 e. The fourth-order valence-corrected chi connectivity index (χ4v) is 1.14. The number of anilines is 1. The van der Waals surface area contributed by atoms with Crippen LogP contribution in [-0.4, -0.2) is 10.3 Å². The Morgan fingerprint density at radius 2 is 2.13 bits per heavy atom. The summed E-state index contributed by atoms with van der Waals surface area (Å²) < 4.78 is 0.558. The van der Waals surface area contributed by atoms with E-state index in [9.17, 15) is 4.79 Å². The van der Waals surface area contributed by atoms with E-state index < -0.39 is 6.03 Å². The Hall–Kier alpha value is -1.09. The second kappa shape index (κ2) is 5.12. The van der Waals surface area contributed by atoms with E-state index in [2.05, 4.69) is 18.1 Å². The lowest BCUT2D eigenvalue weighted by Crippen LogP contribution is -2.22. The maximum absolute atomic E-state index is 11.2. The van der Waals surface area contributed by atoms with Crippen molar-refractivity contribution in [3.05, 3.63) is 28.2 Å². The van der Waals surface area contributed by atoms with E-state index in [4.69, 9.17) is 28.5 Å². The first-order chi connectivity index (χ1) is 7.04. The molecule has 7 heteroatoms. The number of hydrogen-bond donors (Lipinski definition) is 2.